The lowest BCUT2D eigenvalue weighted by Crippen LogP contribution is -2.23. The van der Waals surface area contributed by atoms with Gasteiger partial charge in [0.25, 0.3) is 5.91 Å². The van der Waals surface area contributed by atoms with Gasteiger partial charge in [-0.3, -0.25) is 4.79 Å². The molecule has 5 heteroatoms. The van der Waals surface area contributed by atoms with Crippen LogP contribution in [0, 0.1) is 0 Å². The van der Waals surface area contributed by atoms with E-state index in [1.807, 2.05) is 54.6 Å². The maximum atomic E-state index is 12.2. The summed E-state index contributed by atoms with van der Waals surface area (Å²) in [4.78, 5) is 16.4. The van der Waals surface area contributed by atoms with Gasteiger partial charge >= 0.3 is 0 Å². The van der Waals surface area contributed by atoms with Gasteiger partial charge < -0.3 is 10.6 Å². The topological polar surface area (TPSA) is 54.0 Å². The molecule has 2 N–H and O–H groups in total. The molecule has 0 radical (unpaired) electrons. The Labute approximate surface area is 145 Å². The summed E-state index contributed by atoms with van der Waals surface area (Å²) in [5, 5.41) is 6.68. The van der Waals surface area contributed by atoms with Crippen LogP contribution in [0.15, 0.2) is 72.9 Å². The average Bonchev–Trinajstić information content (AvgIpc) is 2.62. The van der Waals surface area contributed by atoms with E-state index in [4.69, 9.17) is 11.6 Å². The van der Waals surface area contributed by atoms with E-state index in [2.05, 4.69) is 15.6 Å². The number of nitrogens with zero attached hydrogens (tertiary/aromatic N) is 1. The highest BCUT2D eigenvalue weighted by Gasteiger charge is 2.08. The molecule has 0 aliphatic rings. The number of amides is 1. The molecule has 0 aliphatic carbocycles. The predicted molar refractivity (Wildman–Crippen MR) is 96.6 cm³/mol. The molecule has 0 fully saturated rings. The monoisotopic (exact) mass is 337 g/mol. The van der Waals surface area contributed by atoms with Crippen molar-refractivity contribution in [1.82, 2.24) is 10.3 Å². The number of hydrogen-bond donors (Lipinski definition) is 2. The Morgan fingerprint density at radius 3 is 2.38 bits per heavy atom. The summed E-state index contributed by atoms with van der Waals surface area (Å²) in [6.07, 6.45) is 1.64. The number of anilines is 2. The Morgan fingerprint density at radius 2 is 1.67 bits per heavy atom. The lowest BCUT2D eigenvalue weighted by atomic mass is 10.2. The number of carbonyl (C=O) groups is 1. The number of para-hydroxylation sites is 1. The summed E-state index contributed by atoms with van der Waals surface area (Å²) in [6.45, 7) is 0.365. The van der Waals surface area contributed by atoms with Gasteiger partial charge in [0, 0.05) is 17.3 Å². The van der Waals surface area contributed by atoms with Gasteiger partial charge in [0.1, 0.15) is 5.69 Å². The van der Waals surface area contributed by atoms with E-state index in [9.17, 15) is 4.79 Å². The molecule has 0 spiro atoms. The highest BCUT2D eigenvalue weighted by molar-refractivity contribution is 6.31. The fourth-order valence-electron chi connectivity index (χ4n) is 2.20. The average molecular weight is 338 g/mol. The first kappa shape index (κ1) is 16.0. The smallest absolute Gasteiger partial charge is 0.270 e. The highest BCUT2D eigenvalue weighted by atomic mass is 35.5. The molecular weight excluding hydrogens is 322 g/mol. The molecular formula is C19H16ClN3O. The van der Waals surface area contributed by atoms with E-state index >= 15 is 0 Å². The standard InChI is InChI=1S/C19H16ClN3O/c20-17-9-5-4-6-14(17)12-22-19(24)18-11-10-16(13-21-18)23-15-7-2-1-3-8-15/h1-11,13,23H,12H2,(H,22,24). The summed E-state index contributed by atoms with van der Waals surface area (Å²) < 4.78 is 0. The van der Waals surface area contributed by atoms with E-state index in [1.165, 1.54) is 0 Å². The normalized spacial score (nSPS) is 10.2. The molecule has 1 heterocycles. The summed E-state index contributed by atoms with van der Waals surface area (Å²) in [5.41, 5.74) is 3.02. The molecule has 0 aliphatic heterocycles. The Balaban J connectivity index is 1.61. The summed E-state index contributed by atoms with van der Waals surface area (Å²) in [7, 11) is 0. The van der Waals surface area contributed by atoms with E-state index < -0.39 is 0 Å². The molecule has 0 bridgehead atoms. The van der Waals surface area contributed by atoms with Gasteiger partial charge in [-0.05, 0) is 35.9 Å². The number of aromatic nitrogens is 1. The van der Waals surface area contributed by atoms with Gasteiger partial charge in [-0.2, -0.15) is 0 Å². The van der Waals surface area contributed by atoms with Crippen molar-refractivity contribution in [2.45, 2.75) is 6.54 Å². The minimum absolute atomic E-state index is 0.235. The zero-order valence-corrected chi connectivity index (χ0v) is 13.6. The van der Waals surface area contributed by atoms with Gasteiger partial charge in [-0.25, -0.2) is 4.98 Å². The molecule has 0 atom stereocenters. The maximum Gasteiger partial charge on any atom is 0.270 e. The maximum absolute atomic E-state index is 12.2. The summed E-state index contributed by atoms with van der Waals surface area (Å²) >= 11 is 6.08. The van der Waals surface area contributed by atoms with Crippen LogP contribution in [-0.2, 0) is 6.54 Å². The Morgan fingerprint density at radius 1 is 0.917 bits per heavy atom. The molecule has 0 saturated heterocycles. The van der Waals surface area contributed by atoms with Crippen LogP contribution in [0.4, 0.5) is 11.4 Å². The predicted octanol–water partition coefficient (Wildman–Crippen LogP) is 4.41. The van der Waals surface area contributed by atoms with Crippen LogP contribution in [0.2, 0.25) is 5.02 Å². The van der Waals surface area contributed by atoms with Crippen LogP contribution >= 0.6 is 11.6 Å². The molecule has 0 unspecified atom stereocenters. The van der Waals surface area contributed by atoms with Gasteiger partial charge in [0.15, 0.2) is 0 Å². The zero-order valence-electron chi connectivity index (χ0n) is 12.9. The van der Waals surface area contributed by atoms with E-state index in [1.54, 1.807) is 18.3 Å². The number of halogens is 1. The number of nitrogens with one attached hydrogen (secondary N) is 2. The molecule has 0 saturated carbocycles. The SMILES string of the molecule is O=C(NCc1ccccc1Cl)c1ccc(Nc2ccccc2)cn1. The van der Waals surface area contributed by atoms with Crippen molar-refractivity contribution in [1.29, 1.82) is 0 Å². The van der Waals surface area contributed by atoms with Crippen LogP contribution in [0.3, 0.4) is 0 Å². The lowest BCUT2D eigenvalue weighted by Gasteiger charge is -2.08. The molecule has 3 rings (SSSR count). The lowest BCUT2D eigenvalue weighted by molar-refractivity contribution is 0.0946. The van der Waals surface area contributed by atoms with Crippen molar-refractivity contribution < 1.29 is 4.79 Å². The van der Waals surface area contributed by atoms with Crippen molar-refractivity contribution in [3.8, 4) is 0 Å². The van der Waals surface area contributed by atoms with E-state index in [-0.39, 0.29) is 5.91 Å². The molecule has 1 aromatic heterocycles. The van der Waals surface area contributed by atoms with Gasteiger partial charge in [0.05, 0.1) is 11.9 Å². The van der Waals surface area contributed by atoms with E-state index in [0.29, 0.717) is 17.3 Å². The highest BCUT2D eigenvalue weighted by Crippen LogP contribution is 2.16. The molecule has 3 aromatic rings. The Hall–Kier alpha value is -2.85. The van der Waals surface area contributed by atoms with Gasteiger partial charge in [0.2, 0.25) is 0 Å². The molecule has 2 aromatic carbocycles. The minimum Gasteiger partial charge on any atom is -0.354 e. The fourth-order valence-corrected chi connectivity index (χ4v) is 2.40. The molecule has 24 heavy (non-hydrogen) atoms. The second-order valence-corrected chi connectivity index (χ2v) is 5.60. The third kappa shape index (κ3) is 4.12. The van der Waals surface area contributed by atoms with Gasteiger partial charge in [-0.15, -0.1) is 0 Å². The van der Waals surface area contributed by atoms with Crippen LogP contribution in [-0.4, -0.2) is 10.9 Å². The van der Waals surface area contributed by atoms with Crippen LogP contribution < -0.4 is 10.6 Å². The van der Waals surface area contributed by atoms with Crippen molar-refractivity contribution in [3.63, 3.8) is 0 Å². The van der Waals surface area contributed by atoms with Crippen LogP contribution in [0.25, 0.3) is 0 Å². The third-order valence-corrected chi connectivity index (χ3v) is 3.82. The van der Waals surface area contributed by atoms with Crippen molar-refractivity contribution in [3.05, 3.63) is 89.2 Å². The quantitative estimate of drug-likeness (QED) is 0.725. The minimum atomic E-state index is -0.235. The molecule has 1 amide bonds. The Kier molecular flexibility index (Phi) is 5.08. The number of rotatable bonds is 5. The first-order valence-corrected chi connectivity index (χ1v) is 7.90. The van der Waals surface area contributed by atoms with Crippen LogP contribution in [0.1, 0.15) is 16.1 Å². The van der Waals surface area contributed by atoms with Crippen LogP contribution in [0.5, 0.6) is 0 Å². The number of hydrogen-bond acceptors (Lipinski definition) is 3. The van der Waals surface area contributed by atoms with Crippen molar-refractivity contribution >= 4 is 28.9 Å². The first-order valence-electron chi connectivity index (χ1n) is 7.52. The number of benzene rings is 2. The molecule has 4 nitrogen and oxygen atoms in total. The second-order valence-electron chi connectivity index (χ2n) is 5.20. The van der Waals surface area contributed by atoms with Crippen molar-refractivity contribution in [2.75, 3.05) is 5.32 Å². The third-order valence-electron chi connectivity index (χ3n) is 3.46. The van der Waals surface area contributed by atoms with Crippen molar-refractivity contribution in [2.24, 2.45) is 0 Å². The number of carbonyl (C=O) groups excluding carboxylic acids is 1. The largest absolute Gasteiger partial charge is 0.354 e. The van der Waals surface area contributed by atoms with Gasteiger partial charge in [-0.1, -0.05) is 48.0 Å². The van der Waals surface area contributed by atoms with E-state index in [0.717, 1.165) is 16.9 Å². The number of pyridine rings is 1. The zero-order chi connectivity index (χ0) is 16.8. The summed E-state index contributed by atoms with van der Waals surface area (Å²) in [6, 6.07) is 20.7. The first-order chi connectivity index (χ1) is 11.7. The second kappa shape index (κ2) is 7.62. The summed E-state index contributed by atoms with van der Waals surface area (Å²) in [5.74, 6) is -0.235. The molecule has 120 valence electrons. The Bertz CT molecular complexity index is 820. The fraction of sp³-hybridized carbons (Fsp3) is 0.0526.